The summed E-state index contributed by atoms with van der Waals surface area (Å²) in [7, 11) is 0. The summed E-state index contributed by atoms with van der Waals surface area (Å²) in [5, 5.41) is 10.3. The molecule has 116 valence electrons. The van der Waals surface area contributed by atoms with Crippen LogP contribution in [0.1, 0.15) is 0 Å². The summed E-state index contributed by atoms with van der Waals surface area (Å²) in [6.07, 6.45) is 3.38. The average Bonchev–Trinajstić information content (AvgIpc) is 3.03. The van der Waals surface area contributed by atoms with E-state index < -0.39 is 0 Å². The molecule has 0 spiro atoms. The topological polar surface area (TPSA) is 83.6 Å². The fourth-order valence-corrected chi connectivity index (χ4v) is 2.84. The number of halogens is 1. The molecule has 1 amide bonds. The van der Waals surface area contributed by atoms with Crippen molar-refractivity contribution in [3.63, 3.8) is 0 Å². The number of nitrogens with zero attached hydrogens (tertiary/aromatic N) is 3. The molecule has 0 atom stereocenters. The predicted molar refractivity (Wildman–Crippen MR) is 93.1 cm³/mol. The van der Waals surface area contributed by atoms with Gasteiger partial charge in [-0.25, -0.2) is 4.98 Å². The van der Waals surface area contributed by atoms with Gasteiger partial charge in [0.25, 0.3) is 0 Å². The standard InChI is InChI=1S/C15H12BrN5OS/c16-11-2-1-3-12(8-11)18-13(22)9-23-15-19-14(20-21-15)10-4-6-17-7-5-10/h1-8H,9H2,(H,18,22)(H,19,20,21). The van der Waals surface area contributed by atoms with Crippen molar-refractivity contribution in [1.82, 2.24) is 20.2 Å². The van der Waals surface area contributed by atoms with Crippen LogP contribution in [0.25, 0.3) is 11.4 Å². The molecule has 3 rings (SSSR count). The molecule has 2 heterocycles. The van der Waals surface area contributed by atoms with Crippen molar-refractivity contribution in [3.8, 4) is 11.4 Å². The van der Waals surface area contributed by atoms with Gasteiger partial charge in [-0.1, -0.05) is 33.8 Å². The predicted octanol–water partition coefficient (Wildman–Crippen LogP) is 3.36. The first-order chi connectivity index (χ1) is 11.2. The van der Waals surface area contributed by atoms with E-state index in [1.807, 2.05) is 36.4 Å². The van der Waals surface area contributed by atoms with Crippen LogP contribution in [0.4, 0.5) is 5.69 Å². The lowest BCUT2D eigenvalue weighted by atomic mass is 10.3. The van der Waals surface area contributed by atoms with Crippen molar-refractivity contribution in [2.75, 3.05) is 11.1 Å². The minimum Gasteiger partial charge on any atom is -0.325 e. The molecule has 0 fully saturated rings. The van der Waals surface area contributed by atoms with Crippen LogP contribution < -0.4 is 5.32 Å². The molecule has 3 aromatic rings. The van der Waals surface area contributed by atoms with E-state index in [1.54, 1.807) is 12.4 Å². The minimum absolute atomic E-state index is 0.108. The Morgan fingerprint density at radius 1 is 1.26 bits per heavy atom. The lowest BCUT2D eigenvalue weighted by Gasteiger charge is -2.04. The Hall–Kier alpha value is -2.19. The van der Waals surface area contributed by atoms with Crippen LogP contribution >= 0.6 is 27.7 Å². The van der Waals surface area contributed by atoms with Crippen molar-refractivity contribution in [1.29, 1.82) is 0 Å². The highest BCUT2D eigenvalue weighted by atomic mass is 79.9. The maximum absolute atomic E-state index is 12.0. The summed E-state index contributed by atoms with van der Waals surface area (Å²) < 4.78 is 0.916. The van der Waals surface area contributed by atoms with E-state index in [-0.39, 0.29) is 11.7 Å². The molecular weight excluding hydrogens is 378 g/mol. The molecule has 0 bridgehead atoms. The number of rotatable bonds is 5. The van der Waals surface area contributed by atoms with Gasteiger partial charge in [-0.2, -0.15) is 0 Å². The number of thioether (sulfide) groups is 1. The van der Waals surface area contributed by atoms with Crippen LogP contribution in [0.2, 0.25) is 0 Å². The Bertz CT molecular complexity index is 808. The average molecular weight is 390 g/mol. The van der Waals surface area contributed by atoms with E-state index in [0.29, 0.717) is 11.0 Å². The zero-order valence-electron chi connectivity index (χ0n) is 11.9. The summed E-state index contributed by atoms with van der Waals surface area (Å²) in [6.45, 7) is 0. The lowest BCUT2D eigenvalue weighted by molar-refractivity contribution is -0.113. The molecule has 0 aliphatic carbocycles. The van der Waals surface area contributed by atoms with Crippen LogP contribution in [0.15, 0.2) is 58.4 Å². The number of amides is 1. The van der Waals surface area contributed by atoms with Gasteiger partial charge in [0, 0.05) is 28.1 Å². The summed E-state index contributed by atoms with van der Waals surface area (Å²) in [5.74, 6) is 0.783. The van der Waals surface area contributed by atoms with Crippen LogP contribution in [-0.4, -0.2) is 31.8 Å². The number of aromatic amines is 1. The molecule has 2 N–H and O–H groups in total. The minimum atomic E-state index is -0.108. The maximum Gasteiger partial charge on any atom is 0.234 e. The number of hydrogen-bond acceptors (Lipinski definition) is 5. The number of benzene rings is 1. The Balaban J connectivity index is 1.56. The van der Waals surface area contributed by atoms with E-state index in [4.69, 9.17) is 0 Å². The molecule has 0 saturated carbocycles. The van der Waals surface area contributed by atoms with Crippen LogP contribution in [0, 0.1) is 0 Å². The Morgan fingerprint density at radius 3 is 2.87 bits per heavy atom. The summed E-state index contributed by atoms with van der Waals surface area (Å²) in [4.78, 5) is 20.3. The largest absolute Gasteiger partial charge is 0.325 e. The molecule has 0 aliphatic heterocycles. The first kappa shape index (κ1) is 15.7. The third-order valence-electron chi connectivity index (χ3n) is 2.86. The van der Waals surface area contributed by atoms with E-state index in [9.17, 15) is 4.79 Å². The van der Waals surface area contributed by atoms with Crippen LogP contribution in [-0.2, 0) is 4.79 Å². The highest BCUT2D eigenvalue weighted by molar-refractivity contribution is 9.10. The number of hydrogen-bond donors (Lipinski definition) is 2. The van der Waals surface area contributed by atoms with Crippen molar-refractivity contribution in [3.05, 3.63) is 53.3 Å². The monoisotopic (exact) mass is 389 g/mol. The SMILES string of the molecule is O=C(CSc1n[nH]c(-c2ccncc2)n1)Nc1cccc(Br)c1. The highest BCUT2D eigenvalue weighted by Gasteiger charge is 2.09. The zero-order chi connectivity index (χ0) is 16.1. The normalized spacial score (nSPS) is 10.5. The zero-order valence-corrected chi connectivity index (χ0v) is 14.3. The van der Waals surface area contributed by atoms with Gasteiger partial charge >= 0.3 is 0 Å². The van der Waals surface area contributed by atoms with Gasteiger partial charge in [0.2, 0.25) is 11.1 Å². The third-order valence-corrected chi connectivity index (χ3v) is 4.20. The third kappa shape index (κ3) is 4.40. The molecule has 0 aliphatic rings. The van der Waals surface area contributed by atoms with Gasteiger partial charge in [0.05, 0.1) is 5.75 Å². The fraction of sp³-hybridized carbons (Fsp3) is 0.0667. The first-order valence-corrected chi connectivity index (χ1v) is 8.49. The number of carbonyl (C=O) groups is 1. The van der Waals surface area contributed by atoms with Crippen LogP contribution in [0.3, 0.4) is 0 Å². The number of aromatic nitrogens is 4. The van der Waals surface area contributed by atoms with E-state index in [1.165, 1.54) is 11.8 Å². The second kappa shape index (κ2) is 7.38. The van der Waals surface area contributed by atoms with E-state index in [0.717, 1.165) is 15.7 Å². The van der Waals surface area contributed by atoms with Gasteiger partial charge in [-0.15, -0.1) is 5.10 Å². The second-order valence-electron chi connectivity index (χ2n) is 4.55. The molecule has 0 saturated heterocycles. The van der Waals surface area contributed by atoms with E-state index in [2.05, 4.69) is 41.4 Å². The molecule has 0 unspecified atom stereocenters. The van der Waals surface area contributed by atoms with Gasteiger partial charge in [0.15, 0.2) is 5.82 Å². The van der Waals surface area contributed by atoms with Crippen molar-refractivity contribution >= 4 is 39.3 Å². The second-order valence-corrected chi connectivity index (χ2v) is 6.41. The van der Waals surface area contributed by atoms with Gasteiger partial charge in [-0.05, 0) is 30.3 Å². The summed E-state index contributed by atoms with van der Waals surface area (Å²) in [5.41, 5.74) is 1.65. The van der Waals surface area contributed by atoms with Crippen molar-refractivity contribution in [2.45, 2.75) is 5.16 Å². The molecule has 23 heavy (non-hydrogen) atoms. The van der Waals surface area contributed by atoms with Gasteiger partial charge in [0.1, 0.15) is 0 Å². The summed E-state index contributed by atoms with van der Waals surface area (Å²) >= 11 is 4.64. The van der Waals surface area contributed by atoms with Crippen molar-refractivity contribution < 1.29 is 4.79 Å². The first-order valence-electron chi connectivity index (χ1n) is 6.72. The van der Waals surface area contributed by atoms with Gasteiger partial charge in [-0.3, -0.25) is 14.9 Å². The molecular formula is C15H12BrN5OS. The van der Waals surface area contributed by atoms with Gasteiger partial charge < -0.3 is 5.32 Å². The molecule has 8 heteroatoms. The Labute approximate surface area is 145 Å². The van der Waals surface area contributed by atoms with Crippen molar-refractivity contribution in [2.24, 2.45) is 0 Å². The quantitative estimate of drug-likeness (QED) is 0.653. The number of carbonyl (C=O) groups excluding carboxylic acids is 1. The lowest BCUT2D eigenvalue weighted by Crippen LogP contribution is -2.14. The number of nitrogens with one attached hydrogen (secondary N) is 2. The molecule has 0 radical (unpaired) electrons. The smallest absolute Gasteiger partial charge is 0.234 e. The van der Waals surface area contributed by atoms with E-state index >= 15 is 0 Å². The van der Waals surface area contributed by atoms with Crippen LogP contribution in [0.5, 0.6) is 0 Å². The number of H-pyrrole nitrogens is 1. The molecule has 6 nitrogen and oxygen atoms in total. The maximum atomic E-state index is 12.0. The number of anilines is 1. The fourth-order valence-electron chi connectivity index (χ4n) is 1.84. The number of pyridine rings is 1. The Morgan fingerprint density at radius 2 is 2.09 bits per heavy atom. The highest BCUT2D eigenvalue weighted by Crippen LogP contribution is 2.19. The summed E-state index contributed by atoms with van der Waals surface area (Å²) in [6, 6.07) is 11.1. The molecule has 2 aromatic heterocycles. The molecule has 1 aromatic carbocycles. The Kier molecular flexibility index (Phi) is 5.04.